The van der Waals surface area contributed by atoms with Gasteiger partial charge in [0.1, 0.15) is 19.0 Å². The molecule has 4 rings (SSSR count). The highest BCUT2D eigenvalue weighted by Crippen LogP contribution is 2.32. The first-order valence-corrected chi connectivity index (χ1v) is 10.8. The normalized spacial score (nSPS) is 10.7. The van der Waals surface area contributed by atoms with Crippen LogP contribution in [0.3, 0.4) is 0 Å². The van der Waals surface area contributed by atoms with E-state index in [0.717, 1.165) is 11.1 Å². The molecular weight excluding hydrogens is 437 g/mol. The van der Waals surface area contributed by atoms with Crippen molar-refractivity contribution in [3.05, 3.63) is 120 Å². The summed E-state index contributed by atoms with van der Waals surface area (Å²) in [5, 5.41) is 0. The van der Waals surface area contributed by atoms with Gasteiger partial charge in [-0.15, -0.1) is 0 Å². The van der Waals surface area contributed by atoms with Crippen molar-refractivity contribution >= 4 is 0 Å². The molecule has 0 bridgehead atoms. The van der Waals surface area contributed by atoms with E-state index >= 15 is 0 Å². The van der Waals surface area contributed by atoms with Crippen molar-refractivity contribution in [3.8, 4) is 33.8 Å². The van der Waals surface area contributed by atoms with Gasteiger partial charge in [-0.25, -0.2) is 13.2 Å². The Kier molecular flexibility index (Phi) is 7.02. The molecule has 0 fully saturated rings. The number of aryl methyl sites for hydroxylation is 1. The second-order valence-corrected chi connectivity index (χ2v) is 7.83. The number of ether oxygens (including phenoxy) is 2. The van der Waals surface area contributed by atoms with Crippen LogP contribution in [0, 0.1) is 24.4 Å². The van der Waals surface area contributed by atoms with E-state index in [1.165, 1.54) is 18.2 Å². The molecule has 0 unspecified atom stereocenters. The Balaban J connectivity index is 1.46. The average molecular weight is 460 g/mol. The van der Waals surface area contributed by atoms with Crippen LogP contribution in [0.15, 0.2) is 91.5 Å². The van der Waals surface area contributed by atoms with Crippen LogP contribution in [0.25, 0.3) is 22.3 Å². The van der Waals surface area contributed by atoms with E-state index in [2.05, 4.69) is 6.58 Å². The van der Waals surface area contributed by atoms with Crippen LogP contribution in [0.4, 0.5) is 13.2 Å². The fraction of sp³-hybridized carbons (Fsp3) is 0.103. The first kappa shape index (κ1) is 23.2. The Morgan fingerprint density at radius 1 is 0.735 bits per heavy atom. The Bertz CT molecular complexity index is 1300. The first-order valence-electron chi connectivity index (χ1n) is 10.8. The van der Waals surface area contributed by atoms with Gasteiger partial charge in [0, 0.05) is 17.2 Å². The smallest absolute Gasteiger partial charge is 0.168 e. The number of hydrogen-bond acceptors (Lipinski definition) is 2. The molecule has 5 heteroatoms. The quantitative estimate of drug-likeness (QED) is 0.249. The van der Waals surface area contributed by atoms with E-state index in [1.807, 2.05) is 19.1 Å². The van der Waals surface area contributed by atoms with Gasteiger partial charge in [0.25, 0.3) is 0 Å². The van der Waals surface area contributed by atoms with Crippen LogP contribution < -0.4 is 9.47 Å². The molecule has 0 aliphatic heterocycles. The summed E-state index contributed by atoms with van der Waals surface area (Å²) < 4.78 is 54.6. The van der Waals surface area contributed by atoms with E-state index in [9.17, 15) is 13.2 Å². The predicted octanol–water partition coefficient (Wildman–Crippen LogP) is 7.89. The summed E-state index contributed by atoms with van der Waals surface area (Å²) in [6.45, 7) is 5.87. The Morgan fingerprint density at radius 3 is 1.88 bits per heavy atom. The zero-order chi connectivity index (χ0) is 24.1. The minimum Gasteiger partial charge on any atom is -0.489 e. The minimum absolute atomic E-state index is 0.124. The van der Waals surface area contributed by atoms with Gasteiger partial charge < -0.3 is 9.47 Å². The topological polar surface area (TPSA) is 18.5 Å². The van der Waals surface area contributed by atoms with Crippen LogP contribution in [0.5, 0.6) is 11.5 Å². The summed E-state index contributed by atoms with van der Waals surface area (Å²) in [4.78, 5) is 0. The molecule has 0 N–H and O–H groups in total. The highest BCUT2D eigenvalue weighted by atomic mass is 19.2. The summed E-state index contributed by atoms with van der Waals surface area (Å²) >= 11 is 0. The lowest BCUT2D eigenvalue weighted by Crippen LogP contribution is -1.99. The van der Waals surface area contributed by atoms with Crippen LogP contribution in [-0.2, 0) is 6.61 Å². The standard InChI is InChI=1S/C29H23F3O2/c1-3-16-33-27-15-12-23(17-26(27)30)34-18-20-6-10-22(11-7-20)25-14-13-24(28(31)29(25)32)21-8-4-19(2)5-9-21/h3-15,17H,1,16,18H2,2H3. The fourth-order valence-electron chi connectivity index (χ4n) is 3.51. The maximum Gasteiger partial charge on any atom is 0.168 e. The first-order chi connectivity index (χ1) is 16.5. The molecule has 0 spiro atoms. The fourth-order valence-corrected chi connectivity index (χ4v) is 3.51. The van der Waals surface area contributed by atoms with Gasteiger partial charge in [-0.3, -0.25) is 0 Å². The number of rotatable bonds is 8. The van der Waals surface area contributed by atoms with Crippen LogP contribution >= 0.6 is 0 Å². The monoisotopic (exact) mass is 460 g/mol. The maximum absolute atomic E-state index is 14.9. The summed E-state index contributed by atoms with van der Waals surface area (Å²) in [5.74, 6) is -1.82. The van der Waals surface area contributed by atoms with Crippen molar-refractivity contribution in [2.75, 3.05) is 6.61 Å². The molecule has 0 saturated carbocycles. The number of halogens is 3. The van der Waals surface area contributed by atoms with Gasteiger partial charge in [-0.05, 0) is 35.7 Å². The molecule has 0 aliphatic rings. The Labute approximate surface area is 196 Å². The summed E-state index contributed by atoms with van der Waals surface area (Å²) in [6, 6.07) is 21.7. The third-order valence-corrected chi connectivity index (χ3v) is 5.38. The molecule has 0 saturated heterocycles. The largest absolute Gasteiger partial charge is 0.489 e. The summed E-state index contributed by atoms with van der Waals surface area (Å²) in [7, 11) is 0. The Hall–Kier alpha value is -3.99. The van der Waals surface area contributed by atoms with E-state index in [0.29, 0.717) is 16.9 Å². The molecule has 0 amide bonds. The van der Waals surface area contributed by atoms with E-state index in [1.54, 1.807) is 54.6 Å². The van der Waals surface area contributed by atoms with Crippen molar-refractivity contribution in [2.24, 2.45) is 0 Å². The molecule has 0 aromatic heterocycles. The van der Waals surface area contributed by atoms with Gasteiger partial charge in [0.05, 0.1) is 0 Å². The molecular formula is C29H23F3O2. The lowest BCUT2D eigenvalue weighted by molar-refractivity contribution is 0.300. The van der Waals surface area contributed by atoms with Crippen molar-refractivity contribution < 1.29 is 22.6 Å². The van der Waals surface area contributed by atoms with Gasteiger partial charge in [0.2, 0.25) is 0 Å². The minimum atomic E-state index is -0.892. The van der Waals surface area contributed by atoms with Gasteiger partial charge in [-0.1, -0.05) is 78.9 Å². The maximum atomic E-state index is 14.9. The lowest BCUT2D eigenvalue weighted by Gasteiger charge is -2.11. The van der Waals surface area contributed by atoms with E-state index < -0.39 is 17.5 Å². The van der Waals surface area contributed by atoms with Crippen molar-refractivity contribution in [3.63, 3.8) is 0 Å². The van der Waals surface area contributed by atoms with Crippen LogP contribution in [-0.4, -0.2) is 6.61 Å². The average Bonchev–Trinajstić information content (AvgIpc) is 2.85. The third kappa shape index (κ3) is 5.15. The highest BCUT2D eigenvalue weighted by molar-refractivity contribution is 5.72. The second kappa shape index (κ2) is 10.3. The zero-order valence-corrected chi connectivity index (χ0v) is 18.7. The third-order valence-electron chi connectivity index (χ3n) is 5.38. The molecule has 172 valence electrons. The van der Waals surface area contributed by atoms with Gasteiger partial charge in [0.15, 0.2) is 23.2 Å². The highest BCUT2D eigenvalue weighted by Gasteiger charge is 2.16. The molecule has 2 nitrogen and oxygen atoms in total. The predicted molar refractivity (Wildman–Crippen MR) is 128 cm³/mol. The number of hydrogen-bond donors (Lipinski definition) is 0. The molecule has 4 aromatic rings. The Morgan fingerprint density at radius 2 is 1.32 bits per heavy atom. The lowest BCUT2D eigenvalue weighted by atomic mass is 9.98. The van der Waals surface area contributed by atoms with Crippen molar-refractivity contribution in [2.45, 2.75) is 13.5 Å². The molecule has 0 radical (unpaired) electrons. The van der Waals surface area contributed by atoms with Gasteiger partial charge in [-0.2, -0.15) is 0 Å². The SMILES string of the molecule is C=CCOc1ccc(OCc2ccc(-c3ccc(-c4ccc(C)cc4)c(F)c3F)cc2)cc1F. The van der Waals surface area contributed by atoms with E-state index in [-0.39, 0.29) is 30.1 Å². The molecule has 34 heavy (non-hydrogen) atoms. The van der Waals surface area contributed by atoms with Crippen LogP contribution in [0.2, 0.25) is 0 Å². The molecule has 4 aromatic carbocycles. The number of benzene rings is 4. The molecule has 0 atom stereocenters. The summed E-state index contributed by atoms with van der Waals surface area (Å²) in [6.07, 6.45) is 1.53. The second-order valence-electron chi connectivity index (χ2n) is 7.83. The van der Waals surface area contributed by atoms with Crippen LogP contribution in [0.1, 0.15) is 11.1 Å². The zero-order valence-electron chi connectivity index (χ0n) is 18.7. The molecule has 0 aliphatic carbocycles. The molecule has 0 heterocycles. The van der Waals surface area contributed by atoms with Crippen molar-refractivity contribution in [1.29, 1.82) is 0 Å². The van der Waals surface area contributed by atoms with Crippen molar-refractivity contribution in [1.82, 2.24) is 0 Å². The van der Waals surface area contributed by atoms with Gasteiger partial charge >= 0.3 is 0 Å². The van der Waals surface area contributed by atoms with E-state index in [4.69, 9.17) is 9.47 Å². The summed E-state index contributed by atoms with van der Waals surface area (Å²) in [5.41, 5.74) is 3.42.